The lowest BCUT2D eigenvalue weighted by Crippen LogP contribution is -2.29. The zero-order chi connectivity index (χ0) is 32.0. The van der Waals surface area contributed by atoms with Crippen molar-refractivity contribution >= 4 is 50.9 Å². The number of hydrogen-bond acceptors (Lipinski definition) is 9. The number of aromatic nitrogens is 1. The van der Waals surface area contributed by atoms with E-state index < -0.39 is 41.3 Å². The first-order chi connectivity index (χ1) is 20.8. The second kappa shape index (κ2) is 16.6. The van der Waals surface area contributed by atoms with Crippen LogP contribution in [0.15, 0.2) is 54.9 Å². The standard InChI is InChI=1S/C28H26Cl2F2N2O9S.2CH4/c1-44(38,39)33-22-5-3-2-4-18(22)27(36)41-15-26(35)42-24(11-19-20(29)12-34(37)13-21(19)30)17-8-9-23(43-28(31)32)25(10-17)40-14-16-6-7-16;;/h2-5,8-10,12-13,16,24,28H,6-7,11,14-15H2,1H3,(H-,33,36,37);2*1H4/p+1/t24-;;/m0../s1. The third-order valence-electron chi connectivity index (χ3n) is 6.22. The number of hydrogen-bond donors (Lipinski definition) is 2. The molecule has 2 N–H and O–H groups in total. The molecule has 1 aromatic heterocycles. The van der Waals surface area contributed by atoms with Crippen LogP contribution in [0, 0.1) is 5.92 Å². The molecule has 1 heterocycles. The van der Waals surface area contributed by atoms with Crippen LogP contribution < -0.4 is 18.9 Å². The average molecular weight is 709 g/mol. The molecule has 2 aromatic carbocycles. The maximum atomic E-state index is 13.1. The summed E-state index contributed by atoms with van der Waals surface area (Å²) in [7, 11) is -3.72. The van der Waals surface area contributed by atoms with Gasteiger partial charge in [0.2, 0.25) is 22.4 Å². The van der Waals surface area contributed by atoms with Crippen molar-refractivity contribution in [3.8, 4) is 11.5 Å². The summed E-state index contributed by atoms with van der Waals surface area (Å²) in [6.45, 7) is -3.71. The molecule has 0 aliphatic heterocycles. The van der Waals surface area contributed by atoms with E-state index in [-0.39, 0.29) is 77.7 Å². The molecule has 16 heteroatoms. The summed E-state index contributed by atoms with van der Waals surface area (Å²) in [5, 5.41) is 9.81. The number of benzene rings is 2. The first-order valence-corrected chi connectivity index (χ1v) is 15.7. The zero-order valence-electron chi connectivity index (χ0n) is 23.0. The summed E-state index contributed by atoms with van der Waals surface area (Å²) < 4.78 is 73.3. The summed E-state index contributed by atoms with van der Waals surface area (Å²) in [4.78, 5) is 25.6. The number of esters is 2. The van der Waals surface area contributed by atoms with Crippen molar-refractivity contribution in [3.63, 3.8) is 0 Å². The number of nitrogens with one attached hydrogen (secondary N) is 1. The number of alkyl halides is 2. The van der Waals surface area contributed by atoms with Crippen molar-refractivity contribution in [2.45, 2.75) is 46.8 Å². The Labute approximate surface area is 275 Å². The quantitative estimate of drug-likeness (QED) is 0.113. The van der Waals surface area contributed by atoms with Crippen LogP contribution in [0.1, 0.15) is 55.3 Å². The predicted octanol–water partition coefficient (Wildman–Crippen LogP) is 6.24. The molecule has 1 atom stereocenters. The van der Waals surface area contributed by atoms with Crippen molar-refractivity contribution in [1.82, 2.24) is 0 Å². The highest BCUT2D eigenvalue weighted by Crippen LogP contribution is 2.37. The number of carbonyl (C=O) groups excluding carboxylic acids is 2. The third-order valence-corrected chi connectivity index (χ3v) is 7.46. The largest absolute Gasteiger partial charge is 0.489 e. The molecule has 0 spiro atoms. The van der Waals surface area contributed by atoms with Crippen LogP contribution in [0.25, 0.3) is 0 Å². The lowest BCUT2D eigenvalue weighted by Gasteiger charge is -2.21. The molecule has 0 unspecified atom stereocenters. The molecule has 1 saturated carbocycles. The lowest BCUT2D eigenvalue weighted by atomic mass is 10.0. The Morgan fingerprint density at radius 2 is 1.72 bits per heavy atom. The first kappa shape index (κ1) is 38.3. The first-order valence-electron chi connectivity index (χ1n) is 13.0. The SMILES string of the molecule is C.C.CS(=O)(=O)Nc1ccccc1C(=O)OCC(=O)O[C@@H](Cc1c(Cl)c[n+](O)cc1Cl)c1ccc(OC(F)F)c(OCC2CC2)c1. The van der Waals surface area contributed by atoms with Crippen molar-refractivity contribution in [3.05, 3.63) is 81.6 Å². The van der Waals surface area contributed by atoms with Gasteiger partial charge in [-0.1, -0.05) is 56.3 Å². The van der Waals surface area contributed by atoms with Crippen LogP contribution in [0.4, 0.5) is 14.5 Å². The molecule has 1 aliphatic rings. The Kier molecular flexibility index (Phi) is 13.8. The van der Waals surface area contributed by atoms with E-state index in [1.54, 1.807) is 0 Å². The monoisotopic (exact) mass is 707 g/mol. The fraction of sp³-hybridized carbons (Fsp3) is 0.367. The Hall–Kier alpha value is -3.88. The normalized spacial score (nSPS) is 13.1. The molecule has 46 heavy (non-hydrogen) atoms. The molecule has 252 valence electrons. The molecule has 0 saturated heterocycles. The molecule has 4 rings (SSSR count). The zero-order valence-corrected chi connectivity index (χ0v) is 25.4. The van der Waals surface area contributed by atoms with Crippen molar-refractivity contribution in [2.75, 3.05) is 24.2 Å². The molecular formula is C30H35Cl2F2N2O9S+. The molecular weight excluding hydrogens is 673 g/mol. The fourth-order valence-electron chi connectivity index (χ4n) is 4.02. The topological polar surface area (TPSA) is 141 Å². The lowest BCUT2D eigenvalue weighted by molar-refractivity contribution is -0.904. The molecule has 0 bridgehead atoms. The number of para-hydroxylation sites is 1. The van der Waals surface area contributed by atoms with Gasteiger partial charge >= 0.3 is 18.6 Å². The van der Waals surface area contributed by atoms with Crippen LogP contribution in [0.5, 0.6) is 11.5 Å². The molecule has 3 aromatic rings. The van der Waals surface area contributed by atoms with Gasteiger partial charge in [-0.15, -0.1) is 0 Å². The van der Waals surface area contributed by atoms with Gasteiger partial charge in [0.15, 0.2) is 18.1 Å². The van der Waals surface area contributed by atoms with E-state index in [1.807, 2.05) is 0 Å². The molecule has 1 fully saturated rings. The smallest absolute Gasteiger partial charge is 0.387 e. The van der Waals surface area contributed by atoms with E-state index in [9.17, 15) is 32.0 Å². The Morgan fingerprint density at radius 3 is 2.33 bits per heavy atom. The van der Waals surface area contributed by atoms with E-state index in [0.29, 0.717) is 4.73 Å². The molecule has 0 radical (unpaired) electrons. The van der Waals surface area contributed by atoms with Gasteiger partial charge in [0.1, 0.15) is 16.1 Å². The molecule has 0 amide bonds. The Bertz CT molecular complexity index is 1620. The van der Waals surface area contributed by atoms with Gasteiger partial charge < -0.3 is 18.9 Å². The van der Waals surface area contributed by atoms with Gasteiger partial charge in [0.25, 0.3) is 0 Å². The van der Waals surface area contributed by atoms with Crippen LogP contribution >= 0.6 is 23.2 Å². The van der Waals surface area contributed by atoms with Crippen LogP contribution in [-0.4, -0.2) is 51.6 Å². The number of carbonyl (C=O) groups is 2. The number of sulfonamides is 1. The van der Waals surface area contributed by atoms with E-state index >= 15 is 0 Å². The number of anilines is 1. The molecule has 11 nitrogen and oxygen atoms in total. The van der Waals surface area contributed by atoms with Crippen LogP contribution in [0.3, 0.4) is 0 Å². The maximum Gasteiger partial charge on any atom is 0.387 e. The third kappa shape index (κ3) is 11.2. The van der Waals surface area contributed by atoms with Gasteiger partial charge in [0.05, 0.1) is 24.1 Å². The van der Waals surface area contributed by atoms with Gasteiger partial charge in [-0.05, 0) is 48.6 Å². The summed E-state index contributed by atoms with van der Waals surface area (Å²) in [6.07, 6.45) is 3.81. The highest BCUT2D eigenvalue weighted by atomic mass is 35.5. The number of halogens is 4. The Balaban J connectivity index is 0.00000368. The minimum absolute atomic E-state index is 0. The summed E-state index contributed by atoms with van der Waals surface area (Å²) in [5.41, 5.74) is 0.371. The highest BCUT2D eigenvalue weighted by molar-refractivity contribution is 7.92. The summed E-state index contributed by atoms with van der Waals surface area (Å²) in [5.74, 6) is -1.95. The molecule has 1 aliphatic carbocycles. The van der Waals surface area contributed by atoms with Crippen LogP contribution in [-0.2, 0) is 30.7 Å². The average Bonchev–Trinajstić information content (AvgIpc) is 3.76. The minimum atomic E-state index is -3.72. The summed E-state index contributed by atoms with van der Waals surface area (Å²) >= 11 is 12.6. The van der Waals surface area contributed by atoms with E-state index in [2.05, 4.69) is 9.46 Å². The minimum Gasteiger partial charge on any atom is -0.489 e. The van der Waals surface area contributed by atoms with E-state index in [1.165, 1.54) is 42.5 Å². The Morgan fingerprint density at radius 1 is 1.07 bits per heavy atom. The van der Waals surface area contributed by atoms with Crippen molar-refractivity contribution < 1.29 is 55.7 Å². The second-order valence-electron chi connectivity index (χ2n) is 9.83. The number of pyridine rings is 1. The van der Waals surface area contributed by atoms with Crippen LogP contribution in [0.2, 0.25) is 10.0 Å². The van der Waals surface area contributed by atoms with E-state index in [0.717, 1.165) is 31.5 Å². The van der Waals surface area contributed by atoms with E-state index in [4.69, 9.17) is 37.4 Å². The van der Waals surface area contributed by atoms with Gasteiger partial charge in [-0.3, -0.25) is 9.93 Å². The number of ether oxygens (including phenoxy) is 4. The maximum absolute atomic E-state index is 13.1. The van der Waals surface area contributed by atoms with Crippen molar-refractivity contribution in [2.24, 2.45) is 5.92 Å². The number of rotatable bonds is 14. The van der Waals surface area contributed by atoms with Gasteiger partial charge in [0, 0.05) is 16.7 Å². The fourth-order valence-corrected chi connectivity index (χ4v) is 5.20. The van der Waals surface area contributed by atoms with Crippen molar-refractivity contribution in [1.29, 1.82) is 0 Å². The second-order valence-corrected chi connectivity index (χ2v) is 12.4. The predicted molar refractivity (Wildman–Crippen MR) is 166 cm³/mol. The van der Waals surface area contributed by atoms with Gasteiger partial charge in [-0.25, -0.2) is 18.0 Å². The van der Waals surface area contributed by atoms with Gasteiger partial charge in [-0.2, -0.15) is 8.78 Å². The number of nitrogens with zero attached hydrogens (tertiary/aromatic N) is 1. The summed E-state index contributed by atoms with van der Waals surface area (Å²) in [6, 6.07) is 9.65. The highest BCUT2D eigenvalue weighted by Gasteiger charge is 2.27.